The van der Waals surface area contributed by atoms with E-state index in [0.29, 0.717) is 14.6 Å². The molecule has 0 saturated carbocycles. The summed E-state index contributed by atoms with van der Waals surface area (Å²) >= 11 is 2.85. The highest BCUT2D eigenvalue weighted by Crippen LogP contribution is 2.24. The van der Waals surface area contributed by atoms with Crippen LogP contribution in [0.15, 0.2) is 21.7 Å². The van der Waals surface area contributed by atoms with E-state index in [1.807, 2.05) is 13.8 Å². The molecule has 2 aliphatic rings. The number of hydrogen-bond acceptors (Lipinski definition) is 8. The van der Waals surface area contributed by atoms with Gasteiger partial charge < -0.3 is 25.0 Å². The van der Waals surface area contributed by atoms with Gasteiger partial charge in [-0.25, -0.2) is 9.78 Å². The first-order valence-corrected chi connectivity index (χ1v) is 9.12. The van der Waals surface area contributed by atoms with Crippen LogP contribution in [0.4, 0.5) is 0 Å². The van der Waals surface area contributed by atoms with Gasteiger partial charge in [0.2, 0.25) is 0 Å². The molecule has 0 saturated heterocycles. The van der Waals surface area contributed by atoms with E-state index in [4.69, 9.17) is 5.11 Å². The van der Waals surface area contributed by atoms with Crippen molar-refractivity contribution in [1.29, 1.82) is 0 Å². The van der Waals surface area contributed by atoms with Gasteiger partial charge in [0.05, 0.1) is 40.3 Å². The number of hydrogen-bond donors (Lipinski definition) is 4. The summed E-state index contributed by atoms with van der Waals surface area (Å²) in [5, 5.41) is 38.9. The van der Waals surface area contributed by atoms with Crippen molar-refractivity contribution < 1.29 is 20.4 Å². The Balaban J connectivity index is 2.32. The lowest BCUT2D eigenvalue weighted by Crippen LogP contribution is -2.42. The monoisotopic (exact) mass is 454 g/mol. The molecule has 2 heterocycles. The van der Waals surface area contributed by atoms with E-state index in [-0.39, 0.29) is 18.1 Å². The Hall–Kier alpha value is -2.18. The topological polar surface area (TPSA) is 151 Å². The molecule has 2 aliphatic heterocycles. The SMILES string of the molecule is Cc1cc2nc3c(=O)n(Br)c(=O)nc-3n(CC(O)C(O)C(O)CO)c2cc1C. The predicted octanol–water partition coefficient (Wildman–Crippen LogP) is -1.09. The number of aromatic nitrogens is 4. The van der Waals surface area contributed by atoms with E-state index in [2.05, 4.69) is 26.1 Å². The number of aryl methyl sites for hydroxylation is 2. The molecule has 3 unspecified atom stereocenters. The highest BCUT2D eigenvalue weighted by molar-refractivity contribution is 9.08. The minimum Gasteiger partial charge on any atom is -0.394 e. The molecule has 28 heavy (non-hydrogen) atoms. The van der Waals surface area contributed by atoms with Crippen LogP contribution in [-0.4, -0.2) is 63.5 Å². The van der Waals surface area contributed by atoms with Crippen molar-refractivity contribution in [3.63, 3.8) is 0 Å². The fourth-order valence-corrected chi connectivity index (χ4v) is 3.17. The third kappa shape index (κ3) is 3.47. The average Bonchev–Trinajstić information content (AvgIpc) is 2.67. The number of benzene rings is 1. The Morgan fingerprint density at radius 1 is 1.07 bits per heavy atom. The molecule has 0 aromatic heterocycles. The van der Waals surface area contributed by atoms with Gasteiger partial charge in [-0.2, -0.15) is 8.58 Å². The van der Waals surface area contributed by atoms with Crippen LogP contribution < -0.4 is 11.2 Å². The van der Waals surface area contributed by atoms with Crippen LogP contribution in [0.25, 0.3) is 22.6 Å². The maximum atomic E-state index is 12.5. The van der Waals surface area contributed by atoms with E-state index in [1.165, 1.54) is 4.57 Å². The molecule has 0 amide bonds. The molecule has 10 nitrogen and oxygen atoms in total. The summed E-state index contributed by atoms with van der Waals surface area (Å²) in [7, 11) is 0. The Labute approximate surface area is 167 Å². The zero-order valence-electron chi connectivity index (χ0n) is 15.1. The molecule has 1 aromatic carbocycles. The number of fused-ring (bicyclic) bond motifs is 2. The second-order valence-electron chi connectivity index (χ2n) is 6.61. The summed E-state index contributed by atoms with van der Waals surface area (Å²) in [4.78, 5) is 32.7. The van der Waals surface area contributed by atoms with Crippen LogP contribution >= 0.6 is 16.1 Å². The lowest BCUT2D eigenvalue weighted by atomic mass is 10.1. The molecule has 3 rings (SSSR count). The summed E-state index contributed by atoms with van der Waals surface area (Å²) in [5.41, 5.74) is 1.08. The Morgan fingerprint density at radius 3 is 2.36 bits per heavy atom. The molecular weight excluding hydrogens is 436 g/mol. The zero-order chi connectivity index (χ0) is 20.7. The van der Waals surface area contributed by atoms with Gasteiger partial charge >= 0.3 is 5.69 Å². The fourth-order valence-electron chi connectivity index (χ4n) is 2.92. The van der Waals surface area contributed by atoms with Gasteiger partial charge in [-0.3, -0.25) is 4.79 Å². The van der Waals surface area contributed by atoms with E-state index in [0.717, 1.165) is 11.1 Å². The second kappa shape index (κ2) is 7.68. The third-order valence-corrected chi connectivity index (χ3v) is 5.30. The van der Waals surface area contributed by atoms with Gasteiger partial charge in [0.15, 0.2) is 11.5 Å². The van der Waals surface area contributed by atoms with Gasteiger partial charge in [-0.1, -0.05) is 0 Å². The van der Waals surface area contributed by atoms with Crippen molar-refractivity contribution in [3.05, 3.63) is 44.1 Å². The normalized spacial score (nSPS) is 15.1. The van der Waals surface area contributed by atoms with E-state index >= 15 is 0 Å². The van der Waals surface area contributed by atoms with Gasteiger partial charge in [0, 0.05) is 0 Å². The number of aliphatic hydroxyl groups is 4. The lowest BCUT2D eigenvalue weighted by molar-refractivity contribution is -0.0802. The van der Waals surface area contributed by atoms with Crippen LogP contribution in [0.1, 0.15) is 11.1 Å². The Kier molecular flexibility index (Phi) is 5.64. The average molecular weight is 455 g/mol. The first-order valence-electron chi connectivity index (χ1n) is 8.41. The summed E-state index contributed by atoms with van der Waals surface area (Å²) in [6.07, 6.45) is -4.71. The van der Waals surface area contributed by atoms with Crippen molar-refractivity contribution >= 4 is 27.2 Å². The molecule has 4 N–H and O–H groups in total. The van der Waals surface area contributed by atoms with Crippen LogP contribution in [0.2, 0.25) is 0 Å². The predicted molar refractivity (Wildman–Crippen MR) is 104 cm³/mol. The van der Waals surface area contributed by atoms with Crippen molar-refractivity contribution in [2.75, 3.05) is 6.61 Å². The largest absolute Gasteiger partial charge is 0.394 e. The van der Waals surface area contributed by atoms with Crippen LogP contribution in [-0.2, 0) is 6.54 Å². The number of nitrogens with zero attached hydrogens (tertiary/aromatic N) is 4. The summed E-state index contributed by atoms with van der Waals surface area (Å²) in [6.45, 7) is 2.71. The molecule has 0 fully saturated rings. The highest BCUT2D eigenvalue weighted by atomic mass is 79.9. The Bertz CT molecular complexity index is 1130. The summed E-state index contributed by atoms with van der Waals surface area (Å²) in [6, 6.07) is 3.53. The van der Waals surface area contributed by atoms with Gasteiger partial charge in [-0.15, -0.1) is 0 Å². The van der Waals surface area contributed by atoms with Gasteiger partial charge in [0.1, 0.15) is 18.3 Å². The third-order valence-electron chi connectivity index (χ3n) is 4.68. The van der Waals surface area contributed by atoms with Crippen LogP contribution in [0.5, 0.6) is 0 Å². The number of halogens is 1. The van der Waals surface area contributed by atoms with E-state index in [1.54, 1.807) is 12.1 Å². The molecule has 0 aliphatic carbocycles. The van der Waals surface area contributed by atoms with Crippen LogP contribution in [0, 0.1) is 13.8 Å². The van der Waals surface area contributed by atoms with Crippen LogP contribution in [0.3, 0.4) is 0 Å². The number of aliphatic hydroxyl groups excluding tert-OH is 4. The molecule has 0 spiro atoms. The van der Waals surface area contributed by atoms with Crippen molar-refractivity contribution in [3.8, 4) is 11.5 Å². The number of rotatable bonds is 5. The molecule has 11 heteroatoms. The quantitative estimate of drug-likeness (QED) is 0.355. The zero-order valence-corrected chi connectivity index (χ0v) is 16.7. The smallest absolute Gasteiger partial charge is 0.362 e. The maximum Gasteiger partial charge on any atom is 0.362 e. The van der Waals surface area contributed by atoms with Gasteiger partial charge in [0.25, 0.3) is 5.56 Å². The molecule has 0 radical (unpaired) electrons. The Morgan fingerprint density at radius 2 is 1.71 bits per heavy atom. The fraction of sp³-hybridized carbons (Fsp3) is 0.412. The molecule has 0 bridgehead atoms. The van der Waals surface area contributed by atoms with Crippen molar-refractivity contribution in [2.24, 2.45) is 0 Å². The first kappa shape index (κ1) is 20.6. The second-order valence-corrected chi connectivity index (χ2v) is 7.32. The van der Waals surface area contributed by atoms with E-state index in [9.17, 15) is 24.9 Å². The standard InChI is InChI=1S/C17H19BrN4O6/c1-7-3-9-10(4-8(7)2)21(5-11(24)14(26)12(25)6-23)15-13(19-9)16(27)22(18)17(28)20-15/h3-4,11-12,14,23-26H,5-6H2,1-2H3. The van der Waals surface area contributed by atoms with Crippen molar-refractivity contribution in [2.45, 2.75) is 38.7 Å². The minimum absolute atomic E-state index is 0.0637. The minimum atomic E-state index is -1.65. The lowest BCUT2D eigenvalue weighted by Gasteiger charge is -2.25. The summed E-state index contributed by atoms with van der Waals surface area (Å²) in [5.74, 6) is -0.0637. The highest BCUT2D eigenvalue weighted by Gasteiger charge is 2.28. The molecule has 3 atom stereocenters. The maximum absolute atomic E-state index is 12.5. The molecule has 150 valence electrons. The van der Waals surface area contributed by atoms with E-state index < -0.39 is 36.2 Å². The molecular formula is C17H19BrN4O6. The summed E-state index contributed by atoms with van der Waals surface area (Å²) < 4.78 is 2.05. The van der Waals surface area contributed by atoms with Gasteiger partial charge in [-0.05, 0) is 37.1 Å². The molecule has 1 aromatic rings. The first-order chi connectivity index (χ1) is 13.1. The van der Waals surface area contributed by atoms with Crippen molar-refractivity contribution in [1.82, 2.24) is 18.1 Å².